The molecule has 1 spiro atoms. The number of carbonyl (C=O) groups excluding carboxylic acids is 2. The van der Waals surface area contributed by atoms with Crippen molar-refractivity contribution in [2.75, 3.05) is 32.8 Å². The smallest absolute Gasteiger partial charge is 0.231 e. The molecule has 0 saturated carbocycles. The summed E-state index contributed by atoms with van der Waals surface area (Å²) >= 11 is 0. The number of benzene rings is 1. The average molecular weight is 367 g/mol. The minimum atomic E-state index is -0.656. The molecule has 6 nitrogen and oxygen atoms in total. The predicted molar refractivity (Wildman–Crippen MR) is 89.9 cm³/mol. The lowest BCUT2D eigenvalue weighted by Gasteiger charge is -2.40. The summed E-state index contributed by atoms with van der Waals surface area (Å²) in [5, 5.41) is 0. The summed E-state index contributed by atoms with van der Waals surface area (Å²) in [6.07, 6.45) is 1.53. The summed E-state index contributed by atoms with van der Waals surface area (Å²) < 4.78 is 32.8. The van der Waals surface area contributed by atoms with Crippen molar-refractivity contribution in [3.8, 4) is 0 Å². The number of nitrogens with two attached hydrogens (primary N) is 1. The van der Waals surface area contributed by atoms with Gasteiger partial charge >= 0.3 is 0 Å². The van der Waals surface area contributed by atoms with E-state index in [1.807, 2.05) is 4.90 Å². The lowest BCUT2D eigenvalue weighted by atomic mass is 9.87. The molecule has 0 aromatic heterocycles. The summed E-state index contributed by atoms with van der Waals surface area (Å²) in [6, 6.07) is 3.28. The molecule has 0 atom stereocenters. The van der Waals surface area contributed by atoms with Gasteiger partial charge < -0.3 is 15.4 Å². The van der Waals surface area contributed by atoms with E-state index in [4.69, 9.17) is 10.5 Å². The zero-order valence-corrected chi connectivity index (χ0v) is 14.5. The number of likely N-dealkylation sites (tertiary alicyclic amines) is 1. The first kappa shape index (κ1) is 18.7. The molecule has 0 unspecified atom stereocenters. The summed E-state index contributed by atoms with van der Waals surface area (Å²) in [5.41, 5.74) is 5.11. The van der Waals surface area contributed by atoms with Crippen LogP contribution >= 0.6 is 0 Å². The molecular formula is C18H23F2N3O3. The maximum absolute atomic E-state index is 13.4. The highest BCUT2D eigenvalue weighted by atomic mass is 19.1. The fourth-order valence-corrected chi connectivity index (χ4v) is 3.69. The third-order valence-corrected chi connectivity index (χ3v) is 5.04. The van der Waals surface area contributed by atoms with Crippen LogP contribution in [0.3, 0.4) is 0 Å². The number of hydrogen-bond acceptors (Lipinski definition) is 4. The molecule has 2 aliphatic rings. The molecule has 3 rings (SSSR count). The highest BCUT2D eigenvalue weighted by Crippen LogP contribution is 2.32. The van der Waals surface area contributed by atoms with Crippen molar-refractivity contribution in [1.29, 1.82) is 0 Å². The van der Waals surface area contributed by atoms with Gasteiger partial charge in [-0.1, -0.05) is 0 Å². The Balaban J connectivity index is 1.62. The minimum Gasteiger partial charge on any atom is -0.373 e. The Morgan fingerprint density at radius 2 is 1.81 bits per heavy atom. The van der Waals surface area contributed by atoms with Crippen LogP contribution in [0.25, 0.3) is 0 Å². The number of nitrogens with zero attached hydrogens (tertiary/aromatic N) is 2. The second-order valence-corrected chi connectivity index (χ2v) is 7.04. The Morgan fingerprint density at radius 3 is 2.42 bits per heavy atom. The lowest BCUT2D eigenvalue weighted by molar-refractivity contribution is -0.136. The maximum atomic E-state index is 13.4. The fourth-order valence-electron chi connectivity index (χ4n) is 3.69. The molecule has 8 heteroatoms. The van der Waals surface area contributed by atoms with Crippen molar-refractivity contribution < 1.29 is 23.1 Å². The molecule has 2 fully saturated rings. The van der Waals surface area contributed by atoms with Crippen LogP contribution in [0.5, 0.6) is 0 Å². The molecule has 0 bridgehead atoms. The summed E-state index contributed by atoms with van der Waals surface area (Å²) in [7, 11) is 0. The molecule has 26 heavy (non-hydrogen) atoms. The van der Waals surface area contributed by atoms with E-state index in [0.717, 1.165) is 6.07 Å². The molecule has 2 amide bonds. The van der Waals surface area contributed by atoms with Gasteiger partial charge in [-0.15, -0.1) is 0 Å². The van der Waals surface area contributed by atoms with E-state index in [9.17, 15) is 18.4 Å². The first-order valence-corrected chi connectivity index (χ1v) is 8.73. The van der Waals surface area contributed by atoms with Crippen molar-refractivity contribution in [3.05, 3.63) is 35.4 Å². The number of halogens is 2. The number of amides is 2. The monoisotopic (exact) mass is 367 g/mol. The molecule has 0 radical (unpaired) electrons. The Bertz CT molecular complexity index is 670. The normalized spacial score (nSPS) is 21.0. The van der Waals surface area contributed by atoms with Crippen LogP contribution < -0.4 is 5.73 Å². The quantitative estimate of drug-likeness (QED) is 0.863. The molecule has 0 aliphatic carbocycles. The van der Waals surface area contributed by atoms with Gasteiger partial charge in [-0.2, -0.15) is 0 Å². The van der Waals surface area contributed by atoms with Crippen LogP contribution in [0.1, 0.15) is 24.8 Å². The van der Waals surface area contributed by atoms with E-state index >= 15 is 0 Å². The fraction of sp³-hybridized carbons (Fsp3) is 0.556. The molecular weight excluding hydrogens is 344 g/mol. The third kappa shape index (κ3) is 4.56. The number of primary amides is 1. The van der Waals surface area contributed by atoms with Crippen LogP contribution in [0, 0.1) is 11.6 Å². The molecule has 142 valence electrons. The first-order valence-electron chi connectivity index (χ1n) is 8.73. The highest BCUT2D eigenvalue weighted by Gasteiger charge is 2.40. The van der Waals surface area contributed by atoms with Crippen molar-refractivity contribution in [1.82, 2.24) is 9.80 Å². The van der Waals surface area contributed by atoms with E-state index in [1.54, 1.807) is 4.90 Å². The van der Waals surface area contributed by atoms with Gasteiger partial charge in [0, 0.05) is 32.2 Å². The Kier molecular flexibility index (Phi) is 5.52. The maximum Gasteiger partial charge on any atom is 0.231 e. The van der Waals surface area contributed by atoms with Gasteiger partial charge in [-0.05, 0) is 30.5 Å². The summed E-state index contributed by atoms with van der Waals surface area (Å²) in [5.74, 6) is -1.77. The van der Waals surface area contributed by atoms with Gasteiger partial charge in [0.25, 0.3) is 0 Å². The van der Waals surface area contributed by atoms with Gasteiger partial charge in [0.15, 0.2) is 0 Å². The molecule has 2 heterocycles. The summed E-state index contributed by atoms with van der Waals surface area (Å²) in [4.78, 5) is 27.3. The van der Waals surface area contributed by atoms with Gasteiger partial charge in [0.05, 0.1) is 25.2 Å². The van der Waals surface area contributed by atoms with Crippen LogP contribution in [0.2, 0.25) is 0 Å². The van der Waals surface area contributed by atoms with Crippen LogP contribution in [0.4, 0.5) is 8.78 Å². The molecule has 1 aromatic carbocycles. The number of piperidine rings is 1. The van der Waals surface area contributed by atoms with Crippen molar-refractivity contribution in [2.24, 2.45) is 5.73 Å². The zero-order chi connectivity index (χ0) is 18.7. The number of ether oxygens (including phenoxy) is 1. The molecule has 1 aromatic rings. The Morgan fingerprint density at radius 1 is 1.15 bits per heavy atom. The van der Waals surface area contributed by atoms with E-state index < -0.39 is 17.2 Å². The SMILES string of the molecule is NC(=O)CN1CCC2(CC1)CC(=O)N(Cc1cc(F)cc(F)c1)CCO2. The van der Waals surface area contributed by atoms with Gasteiger partial charge in [0.1, 0.15) is 11.6 Å². The topological polar surface area (TPSA) is 75.9 Å². The standard InChI is InChI=1S/C18H23F2N3O3/c19-14-7-13(8-15(20)9-14)11-23-5-6-26-18(10-17(23)25)1-3-22(4-2-18)12-16(21)24/h7-9H,1-6,10-12H2,(H2,21,24). The van der Waals surface area contributed by atoms with Crippen LogP contribution in [-0.4, -0.2) is 60.0 Å². The number of carbonyl (C=O) groups is 2. The van der Waals surface area contributed by atoms with Crippen LogP contribution in [0.15, 0.2) is 18.2 Å². The third-order valence-electron chi connectivity index (χ3n) is 5.04. The second-order valence-electron chi connectivity index (χ2n) is 7.04. The van der Waals surface area contributed by atoms with Gasteiger partial charge in [-0.25, -0.2) is 8.78 Å². The molecule has 2 aliphatic heterocycles. The zero-order valence-electron chi connectivity index (χ0n) is 14.5. The van der Waals surface area contributed by atoms with E-state index in [-0.39, 0.29) is 31.3 Å². The van der Waals surface area contributed by atoms with Crippen molar-refractivity contribution in [2.45, 2.75) is 31.4 Å². The van der Waals surface area contributed by atoms with Crippen molar-refractivity contribution >= 4 is 11.8 Å². The predicted octanol–water partition coefficient (Wildman–Crippen LogP) is 1.03. The van der Waals surface area contributed by atoms with E-state index in [0.29, 0.717) is 44.6 Å². The van der Waals surface area contributed by atoms with E-state index in [2.05, 4.69) is 0 Å². The number of hydrogen-bond donors (Lipinski definition) is 1. The minimum absolute atomic E-state index is 0.0875. The number of rotatable bonds is 4. The van der Waals surface area contributed by atoms with Gasteiger partial charge in [-0.3, -0.25) is 14.5 Å². The molecule has 2 saturated heterocycles. The lowest BCUT2D eigenvalue weighted by Crippen LogP contribution is -2.49. The van der Waals surface area contributed by atoms with Crippen LogP contribution in [-0.2, 0) is 20.9 Å². The first-order chi connectivity index (χ1) is 12.3. The van der Waals surface area contributed by atoms with E-state index in [1.165, 1.54) is 12.1 Å². The largest absolute Gasteiger partial charge is 0.373 e. The Hall–Kier alpha value is -2.06. The highest BCUT2D eigenvalue weighted by molar-refractivity contribution is 5.78. The van der Waals surface area contributed by atoms with Gasteiger partial charge in [0.2, 0.25) is 11.8 Å². The average Bonchev–Trinajstić information content (AvgIpc) is 2.68. The second kappa shape index (κ2) is 7.67. The van der Waals surface area contributed by atoms with Crippen molar-refractivity contribution in [3.63, 3.8) is 0 Å². The Labute approximate surface area is 150 Å². The summed E-state index contributed by atoms with van der Waals surface area (Å²) in [6.45, 7) is 2.40. The molecule has 2 N–H and O–H groups in total.